The molecule has 0 unspecified atom stereocenters. The van der Waals surface area contributed by atoms with Crippen molar-refractivity contribution in [2.24, 2.45) is 0 Å². The maximum Gasteiger partial charge on any atom is 0.164 e. The first-order valence-electron chi connectivity index (χ1n) is 17.9. The molecule has 0 atom stereocenters. The van der Waals surface area contributed by atoms with E-state index >= 15 is 0 Å². The fourth-order valence-corrected chi connectivity index (χ4v) is 7.92. The molecule has 0 saturated carbocycles. The van der Waals surface area contributed by atoms with Crippen LogP contribution in [0.25, 0.3) is 110 Å². The van der Waals surface area contributed by atoms with Crippen molar-refractivity contribution in [1.82, 2.24) is 15.0 Å². The van der Waals surface area contributed by atoms with Crippen molar-refractivity contribution in [3.05, 3.63) is 176 Å². The molecule has 0 aliphatic carbocycles. The molecule has 0 aliphatic heterocycles. The molecule has 4 heteroatoms. The first kappa shape index (κ1) is 29.5. The predicted octanol–water partition coefficient (Wildman–Crippen LogP) is 13.1. The first-order valence-corrected chi connectivity index (χ1v) is 17.9. The highest BCUT2D eigenvalue weighted by atomic mass is 16.3. The molecule has 4 nitrogen and oxygen atoms in total. The van der Waals surface area contributed by atoms with Crippen LogP contribution in [0.1, 0.15) is 0 Å². The number of hydrogen-bond acceptors (Lipinski definition) is 4. The molecule has 2 aromatic heterocycles. The topological polar surface area (TPSA) is 51.8 Å². The van der Waals surface area contributed by atoms with Gasteiger partial charge < -0.3 is 4.42 Å². The third-order valence-electron chi connectivity index (χ3n) is 10.5. The van der Waals surface area contributed by atoms with Crippen LogP contribution in [0.15, 0.2) is 180 Å². The normalized spacial score (nSPS) is 11.8. The minimum atomic E-state index is 0.599. The van der Waals surface area contributed by atoms with E-state index in [4.69, 9.17) is 19.4 Å². The summed E-state index contributed by atoms with van der Waals surface area (Å²) >= 11 is 0. The average Bonchev–Trinajstić information content (AvgIpc) is 3.63. The lowest BCUT2D eigenvalue weighted by atomic mass is 9.93. The van der Waals surface area contributed by atoms with E-state index in [0.29, 0.717) is 17.5 Å². The quantitative estimate of drug-likeness (QED) is 0.174. The van der Waals surface area contributed by atoms with Crippen LogP contribution in [-0.4, -0.2) is 15.0 Å². The lowest BCUT2D eigenvalue weighted by Crippen LogP contribution is -2.00. The Morgan fingerprint density at radius 1 is 0.321 bits per heavy atom. The molecule has 0 radical (unpaired) electrons. The molecule has 53 heavy (non-hydrogen) atoms. The van der Waals surface area contributed by atoms with Crippen LogP contribution in [-0.2, 0) is 0 Å². The number of benzene rings is 9. The summed E-state index contributed by atoms with van der Waals surface area (Å²) in [6, 6.07) is 61.6. The van der Waals surface area contributed by atoms with Crippen LogP contribution < -0.4 is 0 Å². The van der Waals surface area contributed by atoms with Crippen LogP contribution in [0.4, 0.5) is 0 Å². The van der Waals surface area contributed by atoms with E-state index in [9.17, 15) is 0 Å². The van der Waals surface area contributed by atoms with Gasteiger partial charge in [-0.2, -0.15) is 0 Å². The van der Waals surface area contributed by atoms with Gasteiger partial charge >= 0.3 is 0 Å². The minimum Gasteiger partial charge on any atom is -0.455 e. The molecule has 0 saturated heterocycles. The number of hydrogen-bond donors (Lipinski definition) is 0. The highest BCUT2D eigenvalue weighted by Gasteiger charge is 2.21. The van der Waals surface area contributed by atoms with Crippen molar-refractivity contribution in [1.29, 1.82) is 0 Å². The van der Waals surface area contributed by atoms with Gasteiger partial charge in [0.25, 0.3) is 0 Å². The fourth-order valence-electron chi connectivity index (χ4n) is 7.92. The molecule has 11 aromatic rings. The summed E-state index contributed by atoms with van der Waals surface area (Å²) in [5.41, 5.74) is 6.50. The van der Waals surface area contributed by atoms with Gasteiger partial charge in [0.05, 0.1) is 0 Å². The summed E-state index contributed by atoms with van der Waals surface area (Å²) in [4.78, 5) is 15.3. The van der Waals surface area contributed by atoms with E-state index in [2.05, 4.69) is 133 Å². The summed E-state index contributed by atoms with van der Waals surface area (Å²) in [6.07, 6.45) is 0. The molecule has 0 fully saturated rings. The van der Waals surface area contributed by atoms with Crippen molar-refractivity contribution < 1.29 is 4.42 Å². The van der Waals surface area contributed by atoms with E-state index in [0.717, 1.165) is 55.1 Å². The summed E-state index contributed by atoms with van der Waals surface area (Å²) in [6.45, 7) is 0. The van der Waals surface area contributed by atoms with Crippen LogP contribution in [0.2, 0.25) is 0 Å². The molecule has 2 heterocycles. The smallest absolute Gasteiger partial charge is 0.164 e. The van der Waals surface area contributed by atoms with Crippen molar-refractivity contribution in [3.63, 3.8) is 0 Å². The highest BCUT2D eigenvalue weighted by Crippen LogP contribution is 2.43. The van der Waals surface area contributed by atoms with Gasteiger partial charge in [-0.1, -0.05) is 146 Å². The summed E-state index contributed by atoms with van der Waals surface area (Å²) < 4.78 is 6.75. The monoisotopic (exact) mass is 675 g/mol. The van der Waals surface area contributed by atoms with E-state index in [1.54, 1.807) is 0 Å². The van der Waals surface area contributed by atoms with Gasteiger partial charge in [-0.15, -0.1) is 0 Å². The number of furan rings is 1. The number of nitrogens with zero attached hydrogens (tertiary/aromatic N) is 3. The van der Waals surface area contributed by atoms with Gasteiger partial charge in [0.15, 0.2) is 17.5 Å². The van der Waals surface area contributed by atoms with Crippen molar-refractivity contribution in [3.8, 4) is 45.3 Å². The second kappa shape index (κ2) is 11.7. The van der Waals surface area contributed by atoms with Gasteiger partial charge in [-0.3, -0.25) is 0 Å². The SMILES string of the molecule is c1ccc(-c2nc(-c3ccc4ccccc4c3)nc(-c3ccc(-c4ccc5c(ccc6ccc7ccccc7c65)c4)c4oc5ccccc5c34)n2)cc1. The average molecular weight is 676 g/mol. The third kappa shape index (κ3) is 4.80. The molecule has 0 N–H and O–H groups in total. The molecular formula is C49H29N3O. The Hall–Kier alpha value is -7.17. The molecular weight excluding hydrogens is 647 g/mol. The van der Waals surface area contributed by atoms with E-state index in [-0.39, 0.29) is 0 Å². The molecule has 9 aromatic carbocycles. The maximum absolute atomic E-state index is 6.75. The van der Waals surface area contributed by atoms with E-state index in [1.165, 1.54) is 37.7 Å². The lowest BCUT2D eigenvalue weighted by Gasteiger charge is -2.12. The van der Waals surface area contributed by atoms with Gasteiger partial charge in [-0.25, -0.2) is 15.0 Å². The molecule has 0 bridgehead atoms. The van der Waals surface area contributed by atoms with Crippen molar-refractivity contribution >= 4 is 65.0 Å². The van der Waals surface area contributed by atoms with Crippen molar-refractivity contribution in [2.75, 3.05) is 0 Å². The Labute approximate surface area is 304 Å². The fraction of sp³-hybridized carbons (Fsp3) is 0. The molecule has 246 valence electrons. The Morgan fingerprint density at radius 3 is 1.77 bits per heavy atom. The Balaban J connectivity index is 1.14. The van der Waals surface area contributed by atoms with Gasteiger partial charge in [0, 0.05) is 33.0 Å². The molecule has 0 aliphatic rings. The number of rotatable bonds is 4. The number of aromatic nitrogens is 3. The highest BCUT2D eigenvalue weighted by molar-refractivity contribution is 6.21. The van der Waals surface area contributed by atoms with E-state index in [1.807, 2.05) is 42.5 Å². The zero-order valence-corrected chi connectivity index (χ0v) is 28.5. The van der Waals surface area contributed by atoms with Gasteiger partial charge in [0.1, 0.15) is 11.2 Å². The number of fused-ring (bicyclic) bond motifs is 9. The largest absolute Gasteiger partial charge is 0.455 e. The maximum atomic E-state index is 6.75. The van der Waals surface area contributed by atoms with Gasteiger partial charge in [-0.05, 0) is 79.0 Å². The van der Waals surface area contributed by atoms with Crippen LogP contribution >= 0.6 is 0 Å². The summed E-state index contributed by atoms with van der Waals surface area (Å²) in [7, 11) is 0. The minimum absolute atomic E-state index is 0.599. The van der Waals surface area contributed by atoms with Crippen LogP contribution in [0.5, 0.6) is 0 Å². The zero-order valence-electron chi connectivity index (χ0n) is 28.5. The zero-order chi connectivity index (χ0) is 34.9. The summed E-state index contributed by atoms with van der Waals surface area (Å²) in [5.74, 6) is 1.85. The second-order valence-electron chi connectivity index (χ2n) is 13.6. The Morgan fingerprint density at radius 2 is 0.906 bits per heavy atom. The predicted molar refractivity (Wildman–Crippen MR) is 219 cm³/mol. The first-order chi connectivity index (χ1) is 26.2. The Bertz CT molecular complexity index is 3240. The molecule has 0 spiro atoms. The molecule has 11 rings (SSSR count). The van der Waals surface area contributed by atoms with Crippen LogP contribution in [0, 0.1) is 0 Å². The molecule has 0 amide bonds. The second-order valence-corrected chi connectivity index (χ2v) is 13.6. The van der Waals surface area contributed by atoms with Crippen molar-refractivity contribution in [2.45, 2.75) is 0 Å². The number of para-hydroxylation sites is 1. The lowest BCUT2D eigenvalue weighted by molar-refractivity contribution is 0.670. The van der Waals surface area contributed by atoms with Crippen LogP contribution in [0.3, 0.4) is 0 Å². The van der Waals surface area contributed by atoms with Gasteiger partial charge in [0.2, 0.25) is 0 Å². The summed E-state index contributed by atoms with van der Waals surface area (Å²) in [5, 5.41) is 11.8. The third-order valence-corrected chi connectivity index (χ3v) is 10.5. The Kier molecular flexibility index (Phi) is 6.52. The van der Waals surface area contributed by atoms with E-state index < -0.39 is 0 Å². The standard InChI is InChI=1S/C49H29N3O/c1-2-12-33(13-3-1)47-50-48(37-23-18-30-10-4-5-14-34(30)28-37)52-49(51-47)42-27-26-40(46-45(42)41-16-8-9-17-43(41)53-46)36-24-25-39-35(29-36)22-21-32-20-19-31-11-6-7-15-38(31)44(32)39/h1-29H.